The number of aromatic nitrogens is 2. The third-order valence-corrected chi connectivity index (χ3v) is 8.66. The summed E-state index contributed by atoms with van der Waals surface area (Å²) in [5.74, 6) is -0.245. The Morgan fingerprint density at radius 1 is 1.10 bits per heavy atom. The number of sulfone groups is 1. The van der Waals surface area contributed by atoms with Crippen molar-refractivity contribution in [2.45, 2.75) is 37.8 Å². The van der Waals surface area contributed by atoms with Crippen molar-refractivity contribution in [1.29, 1.82) is 0 Å². The van der Waals surface area contributed by atoms with Crippen molar-refractivity contribution in [3.8, 4) is 0 Å². The van der Waals surface area contributed by atoms with Gasteiger partial charge in [-0.1, -0.05) is 67.4 Å². The van der Waals surface area contributed by atoms with Gasteiger partial charge in [-0.2, -0.15) is 0 Å². The Balaban J connectivity index is 1.65. The molecule has 2 heterocycles. The average molecular weight is 594 g/mol. The highest BCUT2D eigenvalue weighted by Gasteiger charge is 2.27. The summed E-state index contributed by atoms with van der Waals surface area (Å²) in [5, 5.41) is 0.727. The van der Waals surface area contributed by atoms with E-state index in [1.165, 1.54) is 0 Å². The molecule has 8 nitrogen and oxygen atoms in total. The van der Waals surface area contributed by atoms with E-state index in [2.05, 4.69) is 9.88 Å². The highest BCUT2D eigenvalue weighted by Crippen LogP contribution is 2.25. The molecule has 210 valence electrons. The minimum atomic E-state index is -3.73. The van der Waals surface area contributed by atoms with Gasteiger partial charge in [0.25, 0.3) is 5.91 Å². The molecule has 0 aliphatic carbocycles. The van der Waals surface area contributed by atoms with Crippen molar-refractivity contribution in [2.75, 3.05) is 39.4 Å². The highest BCUT2D eigenvalue weighted by molar-refractivity contribution is 7.90. The fourth-order valence-corrected chi connectivity index (χ4v) is 6.54. The van der Waals surface area contributed by atoms with Crippen molar-refractivity contribution < 1.29 is 17.9 Å². The second-order valence-corrected chi connectivity index (χ2v) is 12.8. The molecule has 0 unspecified atom stereocenters. The van der Waals surface area contributed by atoms with Crippen LogP contribution in [-0.4, -0.2) is 73.1 Å². The van der Waals surface area contributed by atoms with Crippen LogP contribution in [0, 0.1) is 5.92 Å². The second kappa shape index (κ2) is 13.3. The van der Waals surface area contributed by atoms with Gasteiger partial charge in [-0.25, -0.2) is 13.4 Å². The zero-order valence-electron chi connectivity index (χ0n) is 22.2. The quantitative estimate of drug-likeness (QED) is 0.318. The predicted octanol–water partition coefficient (Wildman–Crippen LogP) is 4.79. The maximum Gasteiger partial charge on any atom is 0.255 e. The number of rotatable bonds is 11. The van der Waals surface area contributed by atoms with Gasteiger partial charge in [0, 0.05) is 37.7 Å². The number of halogens is 2. The molecule has 1 aliphatic heterocycles. The summed E-state index contributed by atoms with van der Waals surface area (Å²) in [5.41, 5.74) is 1.68. The van der Waals surface area contributed by atoms with Gasteiger partial charge in [0.2, 0.25) is 15.0 Å². The maximum atomic E-state index is 13.7. The maximum absolute atomic E-state index is 13.7. The van der Waals surface area contributed by atoms with Crippen LogP contribution in [-0.2, 0) is 33.4 Å². The van der Waals surface area contributed by atoms with E-state index in [1.54, 1.807) is 46.0 Å². The van der Waals surface area contributed by atoms with Gasteiger partial charge in [0.1, 0.15) is 0 Å². The molecule has 0 bridgehead atoms. The summed E-state index contributed by atoms with van der Waals surface area (Å²) in [6.45, 7) is 8.64. The second-order valence-electron chi connectivity index (χ2n) is 10.1. The molecule has 2 aromatic carbocycles. The molecule has 1 aromatic heterocycles. The first-order valence-electron chi connectivity index (χ1n) is 13.0. The van der Waals surface area contributed by atoms with Crippen LogP contribution in [0.25, 0.3) is 0 Å². The Morgan fingerprint density at radius 3 is 2.49 bits per heavy atom. The number of imidazole rings is 1. The summed E-state index contributed by atoms with van der Waals surface area (Å²) >= 11 is 12.5. The molecule has 4 rings (SSSR count). The molecule has 1 saturated heterocycles. The van der Waals surface area contributed by atoms with Crippen molar-refractivity contribution >= 4 is 38.9 Å². The zero-order valence-corrected chi connectivity index (χ0v) is 24.6. The topological polar surface area (TPSA) is 84.7 Å². The first-order valence-corrected chi connectivity index (χ1v) is 15.4. The molecule has 39 heavy (non-hydrogen) atoms. The molecular weight excluding hydrogens is 559 g/mol. The summed E-state index contributed by atoms with van der Waals surface area (Å²) in [7, 11) is -3.73. The summed E-state index contributed by atoms with van der Waals surface area (Å²) in [6, 6.07) is 13.9. The smallest absolute Gasteiger partial charge is 0.255 e. The van der Waals surface area contributed by atoms with E-state index in [9.17, 15) is 13.2 Å². The molecule has 0 spiro atoms. The van der Waals surface area contributed by atoms with Crippen molar-refractivity contribution in [2.24, 2.45) is 5.92 Å². The number of amides is 1. The molecular formula is C28H34Cl2N4O4S. The number of morpholine rings is 1. The monoisotopic (exact) mass is 592 g/mol. The van der Waals surface area contributed by atoms with E-state index in [4.69, 9.17) is 27.9 Å². The molecule has 0 atom stereocenters. The molecule has 1 amide bonds. The molecule has 1 aliphatic rings. The van der Waals surface area contributed by atoms with Crippen LogP contribution in [0.15, 0.2) is 59.9 Å². The SMILES string of the molecule is CC(C)Cn1c(CN(CCN2CCOCC2)C(=O)c2ccc(Cl)cc2Cl)cnc1S(=O)(=O)Cc1ccccc1. The number of hydrogen-bond acceptors (Lipinski definition) is 6. The minimum absolute atomic E-state index is 0.0140. The lowest BCUT2D eigenvalue weighted by Crippen LogP contribution is -2.43. The average Bonchev–Trinajstić information content (AvgIpc) is 3.29. The number of carbonyl (C=O) groups excluding carboxylic acids is 1. The van der Waals surface area contributed by atoms with E-state index in [1.807, 2.05) is 32.0 Å². The third kappa shape index (κ3) is 7.83. The van der Waals surface area contributed by atoms with Crippen LogP contribution in [0.5, 0.6) is 0 Å². The van der Waals surface area contributed by atoms with Gasteiger partial charge < -0.3 is 14.2 Å². The van der Waals surface area contributed by atoms with E-state index in [0.717, 1.165) is 13.1 Å². The Bertz CT molecular complexity index is 1370. The lowest BCUT2D eigenvalue weighted by molar-refractivity contribution is 0.0319. The van der Waals surface area contributed by atoms with Crippen LogP contribution >= 0.6 is 23.2 Å². The summed E-state index contributed by atoms with van der Waals surface area (Å²) in [6.07, 6.45) is 1.57. The number of hydrogen-bond donors (Lipinski definition) is 0. The van der Waals surface area contributed by atoms with Gasteiger partial charge in [0.05, 0.1) is 48.0 Å². The normalized spacial score (nSPS) is 14.6. The molecule has 0 N–H and O–H groups in total. The number of nitrogens with zero attached hydrogens (tertiary/aromatic N) is 4. The lowest BCUT2D eigenvalue weighted by Gasteiger charge is -2.30. The van der Waals surface area contributed by atoms with Crippen LogP contribution in [0.3, 0.4) is 0 Å². The van der Waals surface area contributed by atoms with Crippen molar-refractivity contribution in [3.05, 3.63) is 81.6 Å². The van der Waals surface area contributed by atoms with Crippen LogP contribution in [0.1, 0.15) is 35.5 Å². The fraction of sp³-hybridized carbons (Fsp3) is 0.429. The van der Waals surface area contributed by atoms with Gasteiger partial charge in [-0.05, 0) is 29.7 Å². The van der Waals surface area contributed by atoms with Crippen LogP contribution < -0.4 is 0 Å². The number of carbonyl (C=O) groups is 1. The van der Waals surface area contributed by atoms with Gasteiger partial charge in [0.15, 0.2) is 0 Å². The standard InChI is InChI=1S/C28H34Cl2N4O4S/c1-21(2)18-34-24(17-31-28(34)39(36,37)20-22-6-4-3-5-7-22)19-33(11-10-32-12-14-38-15-13-32)27(35)25-9-8-23(29)16-26(25)30/h3-9,16-17,21H,10-15,18-20H2,1-2H3. The third-order valence-electron chi connectivity index (χ3n) is 6.52. The lowest BCUT2D eigenvalue weighted by atomic mass is 10.2. The molecule has 1 fully saturated rings. The van der Waals surface area contributed by atoms with Gasteiger partial charge >= 0.3 is 0 Å². The predicted molar refractivity (Wildman–Crippen MR) is 153 cm³/mol. The first-order chi connectivity index (χ1) is 18.6. The highest BCUT2D eigenvalue weighted by atomic mass is 35.5. The van der Waals surface area contributed by atoms with E-state index in [0.29, 0.717) is 54.7 Å². The summed E-state index contributed by atoms with van der Waals surface area (Å²) in [4.78, 5) is 22.1. The van der Waals surface area contributed by atoms with Crippen LogP contribution in [0.4, 0.5) is 0 Å². The van der Waals surface area contributed by atoms with Crippen LogP contribution in [0.2, 0.25) is 10.0 Å². The van der Waals surface area contributed by atoms with E-state index < -0.39 is 9.84 Å². The zero-order chi connectivity index (χ0) is 28.0. The minimum Gasteiger partial charge on any atom is -0.379 e. The van der Waals surface area contributed by atoms with E-state index >= 15 is 0 Å². The van der Waals surface area contributed by atoms with Crippen molar-refractivity contribution in [3.63, 3.8) is 0 Å². The molecule has 0 radical (unpaired) electrons. The Hall–Kier alpha value is -2.43. The summed E-state index contributed by atoms with van der Waals surface area (Å²) < 4.78 is 34.1. The Morgan fingerprint density at radius 2 is 1.82 bits per heavy atom. The molecule has 11 heteroatoms. The first kappa shape index (κ1) is 29.6. The van der Waals surface area contributed by atoms with E-state index in [-0.39, 0.29) is 34.3 Å². The Kier molecular flexibility index (Phi) is 10.1. The fourth-order valence-electron chi connectivity index (χ4n) is 4.55. The number of ether oxygens (including phenoxy) is 1. The largest absolute Gasteiger partial charge is 0.379 e. The Labute approximate surface area is 240 Å². The van der Waals surface area contributed by atoms with Gasteiger partial charge in [-0.3, -0.25) is 9.69 Å². The molecule has 3 aromatic rings. The van der Waals surface area contributed by atoms with Crippen molar-refractivity contribution in [1.82, 2.24) is 19.4 Å². The molecule has 0 saturated carbocycles. The van der Waals surface area contributed by atoms with Gasteiger partial charge in [-0.15, -0.1) is 0 Å². The number of benzene rings is 2.